The van der Waals surface area contributed by atoms with Crippen LogP contribution < -0.4 is 16.0 Å². The van der Waals surface area contributed by atoms with Crippen LogP contribution in [0.1, 0.15) is 15.9 Å². The van der Waals surface area contributed by atoms with Gasteiger partial charge >= 0.3 is 6.18 Å². The molecule has 0 unspecified atom stereocenters. The van der Waals surface area contributed by atoms with Gasteiger partial charge in [-0.2, -0.15) is 13.2 Å². The van der Waals surface area contributed by atoms with Crippen LogP contribution in [0.5, 0.6) is 0 Å². The van der Waals surface area contributed by atoms with Crippen molar-refractivity contribution in [3.63, 3.8) is 0 Å². The van der Waals surface area contributed by atoms with Crippen LogP contribution in [0.4, 0.5) is 18.9 Å². The average Bonchev–Trinajstić information content (AvgIpc) is 2.60. The van der Waals surface area contributed by atoms with E-state index in [1.807, 2.05) is 0 Å². The number of carbonyl (C=O) groups excluding carboxylic acids is 1. The number of halogens is 4. The molecule has 9 heteroatoms. The maximum atomic E-state index is 12.7. The molecule has 4 nitrogen and oxygen atoms in total. The second kappa shape index (κ2) is 8.86. The number of benzene rings is 2. The van der Waals surface area contributed by atoms with E-state index in [-0.39, 0.29) is 28.3 Å². The van der Waals surface area contributed by atoms with E-state index in [4.69, 9.17) is 23.8 Å². The van der Waals surface area contributed by atoms with Gasteiger partial charge in [-0.15, -0.1) is 0 Å². The highest BCUT2D eigenvalue weighted by molar-refractivity contribution is 7.80. The molecule has 0 aliphatic heterocycles. The lowest BCUT2D eigenvalue weighted by molar-refractivity contribution is -0.137. The zero-order valence-corrected chi connectivity index (χ0v) is 14.9. The summed E-state index contributed by atoms with van der Waals surface area (Å²) in [7, 11) is 0. The fourth-order valence-electron chi connectivity index (χ4n) is 2.01. The highest BCUT2D eigenvalue weighted by atomic mass is 35.5. The maximum Gasteiger partial charge on any atom is 0.416 e. The Hall–Kier alpha value is -2.32. The molecule has 2 rings (SSSR count). The molecule has 3 N–H and O–H groups in total. The number of carbonyl (C=O) groups is 1. The fraction of sp³-hybridized carbons (Fsp3) is 0.176. The van der Waals surface area contributed by atoms with E-state index in [0.29, 0.717) is 12.1 Å². The van der Waals surface area contributed by atoms with E-state index in [2.05, 4.69) is 16.0 Å². The van der Waals surface area contributed by atoms with Crippen LogP contribution in [0.2, 0.25) is 5.02 Å². The van der Waals surface area contributed by atoms with E-state index in [1.165, 1.54) is 0 Å². The Kier molecular flexibility index (Phi) is 6.82. The minimum absolute atomic E-state index is 0.0484. The number of amides is 1. The molecule has 2 aromatic carbocycles. The number of rotatable bonds is 5. The van der Waals surface area contributed by atoms with Gasteiger partial charge in [-0.1, -0.05) is 29.8 Å². The Morgan fingerprint density at radius 3 is 2.35 bits per heavy atom. The molecule has 0 radical (unpaired) electrons. The normalized spacial score (nSPS) is 10.9. The van der Waals surface area contributed by atoms with Crippen LogP contribution in [0, 0.1) is 0 Å². The largest absolute Gasteiger partial charge is 0.416 e. The van der Waals surface area contributed by atoms with Gasteiger partial charge in [0.2, 0.25) is 0 Å². The summed E-state index contributed by atoms with van der Waals surface area (Å²) in [5.74, 6) is -0.229. The van der Waals surface area contributed by atoms with Gasteiger partial charge in [0, 0.05) is 18.7 Å². The van der Waals surface area contributed by atoms with E-state index in [9.17, 15) is 18.0 Å². The summed E-state index contributed by atoms with van der Waals surface area (Å²) in [5.41, 5.74) is -0.251. The smallest absolute Gasteiger partial charge is 0.361 e. The predicted molar refractivity (Wildman–Crippen MR) is 99.5 cm³/mol. The quantitative estimate of drug-likeness (QED) is 0.522. The molecule has 0 aliphatic rings. The number of alkyl halides is 3. The number of hydrogen-bond donors (Lipinski definition) is 3. The zero-order valence-electron chi connectivity index (χ0n) is 13.4. The van der Waals surface area contributed by atoms with Crippen molar-refractivity contribution in [2.75, 3.05) is 18.4 Å². The third-order valence-corrected chi connectivity index (χ3v) is 3.85. The van der Waals surface area contributed by atoms with Gasteiger partial charge in [0.05, 0.1) is 16.3 Å². The van der Waals surface area contributed by atoms with Gasteiger partial charge in [0.1, 0.15) is 0 Å². The Bertz CT molecular complexity index is 785. The van der Waals surface area contributed by atoms with Gasteiger partial charge < -0.3 is 16.0 Å². The summed E-state index contributed by atoms with van der Waals surface area (Å²) in [5, 5.41) is 8.31. The van der Waals surface area contributed by atoms with Gasteiger partial charge in [-0.05, 0) is 42.5 Å². The van der Waals surface area contributed by atoms with Crippen LogP contribution >= 0.6 is 23.8 Å². The van der Waals surface area contributed by atoms with Crippen molar-refractivity contribution in [3.8, 4) is 0 Å². The topological polar surface area (TPSA) is 53.2 Å². The second-order valence-electron chi connectivity index (χ2n) is 5.20. The average molecular weight is 402 g/mol. The van der Waals surface area contributed by atoms with Gasteiger partial charge in [0.15, 0.2) is 5.11 Å². The first kappa shape index (κ1) is 20.0. The highest BCUT2D eigenvalue weighted by Gasteiger charge is 2.31. The summed E-state index contributed by atoms with van der Waals surface area (Å²) >= 11 is 10.9. The molecule has 26 heavy (non-hydrogen) atoms. The SMILES string of the molecule is O=C(NCCNC(=S)Nc1cc(C(F)(F)F)ccc1Cl)c1ccccc1. The number of thiocarbonyl (C=S) groups is 1. The Balaban J connectivity index is 1.81. The van der Waals surface area contributed by atoms with Crippen LogP contribution in [-0.4, -0.2) is 24.1 Å². The lowest BCUT2D eigenvalue weighted by atomic mass is 10.2. The Morgan fingerprint density at radius 1 is 1.04 bits per heavy atom. The molecular formula is C17H15ClF3N3OS. The highest BCUT2D eigenvalue weighted by Crippen LogP contribution is 2.33. The van der Waals surface area contributed by atoms with Crippen molar-refractivity contribution in [2.24, 2.45) is 0 Å². The molecule has 0 aliphatic carbocycles. The minimum Gasteiger partial charge on any atom is -0.361 e. The molecule has 0 fully saturated rings. The molecule has 1 amide bonds. The molecule has 0 saturated heterocycles. The first-order valence-corrected chi connectivity index (χ1v) is 8.31. The van der Waals surface area contributed by atoms with Gasteiger partial charge in [-0.25, -0.2) is 0 Å². The first-order chi connectivity index (χ1) is 12.3. The third-order valence-electron chi connectivity index (χ3n) is 3.27. The summed E-state index contributed by atoms with van der Waals surface area (Å²) in [6, 6.07) is 11.6. The van der Waals surface area contributed by atoms with Crippen molar-refractivity contribution in [1.29, 1.82) is 0 Å². The maximum absolute atomic E-state index is 12.7. The molecule has 0 spiro atoms. The monoisotopic (exact) mass is 401 g/mol. The Labute approximate surface area is 158 Å². The summed E-state index contributed by atoms with van der Waals surface area (Å²) in [6.07, 6.45) is -4.47. The van der Waals surface area contributed by atoms with Crippen LogP contribution in [0.15, 0.2) is 48.5 Å². The molecule has 138 valence electrons. The summed E-state index contributed by atoms with van der Waals surface area (Å²) in [4.78, 5) is 11.8. The lowest BCUT2D eigenvalue weighted by Crippen LogP contribution is -2.36. The predicted octanol–water partition coefficient (Wildman–Crippen LogP) is 4.08. The van der Waals surface area contributed by atoms with E-state index in [0.717, 1.165) is 18.2 Å². The molecular weight excluding hydrogens is 387 g/mol. The molecule has 0 atom stereocenters. The number of hydrogen-bond acceptors (Lipinski definition) is 2. The zero-order chi connectivity index (χ0) is 19.2. The molecule has 0 aromatic heterocycles. The standard InChI is InChI=1S/C17H15ClF3N3OS/c18-13-7-6-12(17(19,20)21)10-14(13)24-16(26)23-9-8-22-15(25)11-4-2-1-3-5-11/h1-7,10H,8-9H2,(H,22,25)(H2,23,24,26). The van der Waals surface area contributed by atoms with Crippen LogP contribution in [0.3, 0.4) is 0 Å². The minimum atomic E-state index is -4.47. The van der Waals surface area contributed by atoms with Gasteiger partial charge in [-0.3, -0.25) is 4.79 Å². The van der Waals surface area contributed by atoms with Crippen molar-refractivity contribution < 1.29 is 18.0 Å². The molecule has 2 aromatic rings. The molecule has 0 saturated carbocycles. The summed E-state index contributed by atoms with van der Waals surface area (Å²) in [6.45, 7) is 0.576. The number of anilines is 1. The van der Waals surface area contributed by atoms with Gasteiger partial charge in [0.25, 0.3) is 5.91 Å². The molecule has 0 heterocycles. The third kappa shape index (κ3) is 5.89. The van der Waals surface area contributed by atoms with Crippen molar-refractivity contribution in [2.45, 2.75) is 6.18 Å². The second-order valence-corrected chi connectivity index (χ2v) is 6.01. The lowest BCUT2D eigenvalue weighted by Gasteiger charge is -2.14. The summed E-state index contributed by atoms with van der Waals surface area (Å²) < 4.78 is 38.2. The Morgan fingerprint density at radius 2 is 1.69 bits per heavy atom. The van der Waals surface area contributed by atoms with Crippen molar-refractivity contribution >= 4 is 40.5 Å². The molecule has 0 bridgehead atoms. The fourth-order valence-corrected chi connectivity index (χ4v) is 2.38. The van der Waals surface area contributed by atoms with Crippen LogP contribution in [-0.2, 0) is 6.18 Å². The number of nitrogens with one attached hydrogen (secondary N) is 3. The first-order valence-electron chi connectivity index (χ1n) is 7.52. The van der Waals surface area contributed by atoms with E-state index < -0.39 is 11.7 Å². The van der Waals surface area contributed by atoms with E-state index >= 15 is 0 Å². The van der Waals surface area contributed by atoms with Crippen molar-refractivity contribution in [3.05, 3.63) is 64.7 Å². The van der Waals surface area contributed by atoms with Crippen molar-refractivity contribution in [1.82, 2.24) is 10.6 Å². The van der Waals surface area contributed by atoms with E-state index in [1.54, 1.807) is 30.3 Å². The van der Waals surface area contributed by atoms with Crippen LogP contribution in [0.25, 0.3) is 0 Å².